The van der Waals surface area contributed by atoms with Crippen molar-refractivity contribution < 1.29 is 0 Å². The molecule has 0 saturated carbocycles. The summed E-state index contributed by atoms with van der Waals surface area (Å²) in [6, 6.07) is 13.7. The van der Waals surface area contributed by atoms with Gasteiger partial charge in [0.15, 0.2) is 0 Å². The smallest absolute Gasteiger partial charge is 0.252 e. The van der Waals surface area contributed by atoms with Crippen LogP contribution in [0.3, 0.4) is 0 Å². The molecular formula is C18H18N2O. The van der Waals surface area contributed by atoms with Gasteiger partial charge < -0.3 is 0 Å². The Labute approximate surface area is 123 Å². The van der Waals surface area contributed by atoms with Gasteiger partial charge in [0.25, 0.3) is 5.56 Å². The predicted octanol–water partition coefficient (Wildman–Crippen LogP) is 3.26. The molecule has 3 heteroatoms. The van der Waals surface area contributed by atoms with E-state index in [0.29, 0.717) is 6.54 Å². The van der Waals surface area contributed by atoms with Crippen molar-refractivity contribution in [2.24, 2.45) is 0 Å². The van der Waals surface area contributed by atoms with Gasteiger partial charge in [-0.1, -0.05) is 30.3 Å². The van der Waals surface area contributed by atoms with Gasteiger partial charge in [0, 0.05) is 24.2 Å². The van der Waals surface area contributed by atoms with Gasteiger partial charge in [-0.2, -0.15) is 0 Å². The summed E-state index contributed by atoms with van der Waals surface area (Å²) in [6.07, 6.45) is 2.67. The van der Waals surface area contributed by atoms with E-state index < -0.39 is 0 Å². The fourth-order valence-corrected chi connectivity index (χ4v) is 2.57. The Morgan fingerprint density at radius 2 is 1.81 bits per heavy atom. The molecule has 0 aliphatic heterocycles. The summed E-state index contributed by atoms with van der Waals surface area (Å²) in [6.45, 7) is 4.77. The SMILES string of the molecule is Cc1cnc2c(ccc(=O)n2CCc2ccccc2)c1C. The lowest BCUT2D eigenvalue weighted by atomic mass is 10.1. The van der Waals surface area contributed by atoms with Crippen molar-refractivity contribution in [1.82, 2.24) is 9.55 Å². The van der Waals surface area contributed by atoms with Crippen molar-refractivity contribution in [3.63, 3.8) is 0 Å². The summed E-state index contributed by atoms with van der Waals surface area (Å²) in [5, 5.41) is 1.06. The highest BCUT2D eigenvalue weighted by Gasteiger charge is 2.08. The van der Waals surface area contributed by atoms with Gasteiger partial charge in [-0.3, -0.25) is 9.36 Å². The molecule has 21 heavy (non-hydrogen) atoms. The molecule has 0 radical (unpaired) electrons. The molecule has 1 aromatic carbocycles. The maximum absolute atomic E-state index is 12.2. The number of pyridine rings is 2. The molecule has 0 saturated heterocycles. The van der Waals surface area contributed by atoms with E-state index in [1.807, 2.05) is 37.4 Å². The number of hydrogen-bond acceptors (Lipinski definition) is 2. The molecule has 0 unspecified atom stereocenters. The maximum Gasteiger partial charge on any atom is 0.252 e. The van der Waals surface area contributed by atoms with Gasteiger partial charge in [-0.25, -0.2) is 4.98 Å². The second kappa shape index (κ2) is 5.52. The van der Waals surface area contributed by atoms with Crippen LogP contribution in [-0.2, 0) is 13.0 Å². The minimum absolute atomic E-state index is 0.00850. The molecule has 0 amide bonds. The third-order valence-electron chi connectivity index (χ3n) is 4.00. The standard InChI is InChI=1S/C18H18N2O/c1-13-12-19-18-16(14(13)2)8-9-17(21)20(18)11-10-15-6-4-3-5-7-15/h3-9,12H,10-11H2,1-2H3. The Kier molecular flexibility index (Phi) is 3.57. The van der Waals surface area contributed by atoms with Crippen LogP contribution in [0.15, 0.2) is 53.5 Å². The maximum atomic E-state index is 12.2. The average Bonchev–Trinajstić information content (AvgIpc) is 2.51. The number of aryl methyl sites for hydroxylation is 4. The first-order valence-electron chi connectivity index (χ1n) is 7.16. The summed E-state index contributed by atoms with van der Waals surface area (Å²) >= 11 is 0. The van der Waals surface area contributed by atoms with Gasteiger partial charge in [0.2, 0.25) is 0 Å². The van der Waals surface area contributed by atoms with Crippen molar-refractivity contribution in [2.75, 3.05) is 0 Å². The summed E-state index contributed by atoms with van der Waals surface area (Å²) in [7, 11) is 0. The van der Waals surface area contributed by atoms with Gasteiger partial charge in [-0.15, -0.1) is 0 Å². The molecule has 106 valence electrons. The van der Waals surface area contributed by atoms with E-state index in [2.05, 4.69) is 24.0 Å². The fraction of sp³-hybridized carbons (Fsp3) is 0.222. The lowest BCUT2D eigenvalue weighted by molar-refractivity contribution is 0.688. The first-order valence-corrected chi connectivity index (χ1v) is 7.16. The van der Waals surface area contributed by atoms with Gasteiger partial charge in [0.05, 0.1) is 0 Å². The second-order valence-electron chi connectivity index (χ2n) is 5.36. The van der Waals surface area contributed by atoms with E-state index in [0.717, 1.165) is 23.0 Å². The lowest BCUT2D eigenvalue weighted by Gasteiger charge is -2.11. The number of fused-ring (bicyclic) bond motifs is 1. The topological polar surface area (TPSA) is 34.9 Å². The molecule has 0 N–H and O–H groups in total. The van der Waals surface area contributed by atoms with Crippen LogP contribution in [0.4, 0.5) is 0 Å². The Hall–Kier alpha value is -2.42. The van der Waals surface area contributed by atoms with E-state index in [1.54, 1.807) is 10.6 Å². The highest BCUT2D eigenvalue weighted by Crippen LogP contribution is 2.17. The Bertz CT molecular complexity index is 835. The summed E-state index contributed by atoms with van der Waals surface area (Å²) in [4.78, 5) is 16.7. The Morgan fingerprint density at radius 3 is 2.57 bits per heavy atom. The Morgan fingerprint density at radius 1 is 1.05 bits per heavy atom. The zero-order valence-corrected chi connectivity index (χ0v) is 12.3. The summed E-state index contributed by atoms with van der Waals surface area (Å²) in [5.41, 5.74) is 4.35. The number of nitrogens with zero attached hydrogens (tertiary/aromatic N) is 2. The molecule has 3 aromatic rings. The van der Waals surface area contributed by atoms with Crippen LogP contribution >= 0.6 is 0 Å². The van der Waals surface area contributed by atoms with Crippen LogP contribution in [0.1, 0.15) is 16.7 Å². The van der Waals surface area contributed by atoms with Crippen LogP contribution in [0.5, 0.6) is 0 Å². The molecule has 2 aromatic heterocycles. The minimum atomic E-state index is 0.00850. The summed E-state index contributed by atoms with van der Waals surface area (Å²) < 4.78 is 1.77. The van der Waals surface area contributed by atoms with Crippen LogP contribution < -0.4 is 5.56 Å². The normalized spacial score (nSPS) is 11.0. The van der Waals surface area contributed by atoms with Gasteiger partial charge in [0.1, 0.15) is 5.65 Å². The molecule has 3 nitrogen and oxygen atoms in total. The minimum Gasteiger partial charge on any atom is -0.292 e. The van der Waals surface area contributed by atoms with E-state index in [-0.39, 0.29) is 5.56 Å². The number of benzene rings is 1. The van der Waals surface area contributed by atoms with Gasteiger partial charge >= 0.3 is 0 Å². The summed E-state index contributed by atoms with van der Waals surface area (Å²) in [5.74, 6) is 0. The third kappa shape index (κ3) is 2.59. The van der Waals surface area contributed by atoms with E-state index in [9.17, 15) is 4.79 Å². The van der Waals surface area contributed by atoms with Crippen molar-refractivity contribution >= 4 is 11.0 Å². The first-order chi connectivity index (χ1) is 10.2. The van der Waals surface area contributed by atoms with E-state index >= 15 is 0 Å². The zero-order chi connectivity index (χ0) is 14.8. The highest BCUT2D eigenvalue weighted by atomic mass is 16.1. The second-order valence-corrected chi connectivity index (χ2v) is 5.36. The molecule has 2 heterocycles. The number of rotatable bonds is 3. The molecule has 0 fully saturated rings. The van der Waals surface area contributed by atoms with Gasteiger partial charge in [-0.05, 0) is 43.0 Å². The molecule has 0 atom stereocenters. The van der Waals surface area contributed by atoms with Crippen molar-refractivity contribution in [3.05, 3.63) is 75.7 Å². The number of hydrogen-bond donors (Lipinski definition) is 0. The third-order valence-corrected chi connectivity index (χ3v) is 4.00. The first kappa shape index (κ1) is 13.6. The zero-order valence-electron chi connectivity index (χ0n) is 12.3. The highest BCUT2D eigenvalue weighted by molar-refractivity contribution is 5.79. The molecule has 3 rings (SSSR count). The quantitative estimate of drug-likeness (QED) is 0.737. The molecule has 0 aliphatic rings. The average molecular weight is 278 g/mol. The van der Waals surface area contributed by atoms with E-state index in [4.69, 9.17) is 0 Å². The number of aromatic nitrogens is 2. The lowest BCUT2D eigenvalue weighted by Crippen LogP contribution is -2.21. The fourth-order valence-electron chi connectivity index (χ4n) is 2.57. The monoisotopic (exact) mass is 278 g/mol. The van der Waals surface area contributed by atoms with Crippen molar-refractivity contribution in [1.29, 1.82) is 0 Å². The van der Waals surface area contributed by atoms with E-state index in [1.165, 1.54) is 11.1 Å². The van der Waals surface area contributed by atoms with Crippen LogP contribution in [-0.4, -0.2) is 9.55 Å². The van der Waals surface area contributed by atoms with Crippen molar-refractivity contribution in [2.45, 2.75) is 26.8 Å². The van der Waals surface area contributed by atoms with Crippen molar-refractivity contribution in [3.8, 4) is 0 Å². The Balaban J connectivity index is 2.03. The van der Waals surface area contributed by atoms with Crippen LogP contribution in [0.25, 0.3) is 11.0 Å². The molecule has 0 aliphatic carbocycles. The van der Waals surface area contributed by atoms with Crippen LogP contribution in [0, 0.1) is 13.8 Å². The molecule has 0 bridgehead atoms. The molecular weight excluding hydrogens is 260 g/mol. The predicted molar refractivity (Wildman–Crippen MR) is 85.6 cm³/mol. The molecule has 0 spiro atoms. The largest absolute Gasteiger partial charge is 0.292 e. The van der Waals surface area contributed by atoms with Crippen LogP contribution in [0.2, 0.25) is 0 Å².